The minimum atomic E-state index is -0.541. The van der Waals surface area contributed by atoms with E-state index in [0.29, 0.717) is 23.4 Å². The molecule has 0 atom stereocenters. The molecule has 0 radical (unpaired) electrons. The molecule has 0 spiro atoms. The van der Waals surface area contributed by atoms with Crippen LogP contribution in [-0.4, -0.2) is 31.9 Å². The van der Waals surface area contributed by atoms with Crippen molar-refractivity contribution >= 4 is 5.91 Å². The van der Waals surface area contributed by atoms with Crippen molar-refractivity contribution in [3.63, 3.8) is 0 Å². The molecule has 0 saturated carbocycles. The summed E-state index contributed by atoms with van der Waals surface area (Å²) >= 11 is 0. The van der Waals surface area contributed by atoms with Crippen LogP contribution < -0.4 is 5.32 Å². The van der Waals surface area contributed by atoms with Crippen molar-refractivity contribution in [3.8, 4) is 11.3 Å². The monoisotopic (exact) mass is 339 g/mol. The minimum Gasteiger partial charge on any atom is -0.350 e. The van der Waals surface area contributed by atoms with Gasteiger partial charge in [-0.25, -0.2) is 9.67 Å². The first kappa shape index (κ1) is 16.8. The lowest BCUT2D eigenvalue weighted by molar-refractivity contribution is 0.0942. The van der Waals surface area contributed by atoms with E-state index >= 15 is 0 Å². The van der Waals surface area contributed by atoms with Gasteiger partial charge in [0.2, 0.25) is 5.95 Å². The molecule has 2 heterocycles. The molecule has 0 fully saturated rings. The van der Waals surface area contributed by atoms with Crippen LogP contribution in [0.3, 0.4) is 0 Å². The highest BCUT2D eigenvalue weighted by Gasteiger charge is 2.13. The van der Waals surface area contributed by atoms with Crippen LogP contribution in [0.1, 0.15) is 29.8 Å². The first-order chi connectivity index (χ1) is 12.0. The van der Waals surface area contributed by atoms with E-state index in [-0.39, 0.29) is 11.9 Å². The summed E-state index contributed by atoms with van der Waals surface area (Å²) < 4.78 is 14.6. The highest BCUT2D eigenvalue weighted by Crippen LogP contribution is 2.16. The molecule has 2 aromatic heterocycles. The van der Waals surface area contributed by atoms with Crippen LogP contribution in [0.2, 0.25) is 0 Å². The number of nitrogens with one attached hydrogen (secondary N) is 1. The van der Waals surface area contributed by atoms with Gasteiger partial charge in [-0.15, -0.1) is 5.10 Å². The molecule has 1 aromatic carbocycles. The predicted molar refractivity (Wildman–Crippen MR) is 91.4 cm³/mol. The lowest BCUT2D eigenvalue weighted by Gasteiger charge is -2.12. The van der Waals surface area contributed by atoms with E-state index in [4.69, 9.17) is 0 Å². The molecular weight excluding hydrogens is 321 g/mol. The van der Waals surface area contributed by atoms with Crippen LogP contribution in [0.15, 0.2) is 48.8 Å². The van der Waals surface area contributed by atoms with E-state index < -0.39 is 5.95 Å². The van der Waals surface area contributed by atoms with Gasteiger partial charge in [-0.2, -0.15) is 4.39 Å². The second kappa shape index (κ2) is 7.21. The smallest absolute Gasteiger partial charge is 0.251 e. The van der Waals surface area contributed by atoms with Crippen molar-refractivity contribution in [3.05, 3.63) is 65.9 Å². The standard InChI is InChI=1S/C18H18FN5O/c1-12(2)21-18(25)15-6-4-3-5-14(15)10-24-11-16(22-23-24)13-7-8-17(19)20-9-13/h3-9,11-12H,10H2,1-2H3,(H,21,25). The number of carbonyl (C=O) groups is 1. The second-order valence-electron chi connectivity index (χ2n) is 5.96. The number of halogens is 1. The number of hydrogen-bond donors (Lipinski definition) is 1. The molecule has 3 aromatic rings. The second-order valence-corrected chi connectivity index (χ2v) is 5.96. The molecule has 1 N–H and O–H groups in total. The van der Waals surface area contributed by atoms with E-state index in [9.17, 15) is 9.18 Å². The molecule has 25 heavy (non-hydrogen) atoms. The summed E-state index contributed by atoms with van der Waals surface area (Å²) in [4.78, 5) is 15.9. The Kier molecular flexibility index (Phi) is 4.83. The number of amides is 1. The molecular formula is C18H18FN5O. The summed E-state index contributed by atoms with van der Waals surface area (Å²) in [5.41, 5.74) is 2.72. The maximum atomic E-state index is 12.9. The summed E-state index contributed by atoms with van der Waals surface area (Å²) in [6.45, 7) is 4.24. The van der Waals surface area contributed by atoms with E-state index in [2.05, 4.69) is 20.6 Å². The zero-order valence-corrected chi connectivity index (χ0v) is 14.0. The van der Waals surface area contributed by atoms with Crippen molar-refractivity contribution in [2.75, 3.05) is 0 Å². The number of nitrogens with zero attached hydrogens (tertiary/aromatic N) is 4. The molecule has 0 aliphatic rings. The van der Waals surface area contributed by atoms with Crippen LogP contribution in [-0.2, 0) is 6.54 Å². The summed E-state index contributed by atoms with van der Waals surface area (Å²) in [6.07, 6.45) is 3.15. The number of aromatic nitrogens is 4. The Morgan fingerprint density at radius 3 is 2.76 bits per heavy atom. The van der Waals surface area contributed by atoms with Crippen molar-refractivity contribution in [1.29, 1.82) is 0 Å². The van der Waals surface area contributed by atoms with Gasteiger partial charge in [-0.3, -0.25) is 4.79 Å². The Balaban J connectivity index is 1.82. The fourth-order valence-electron chi connectivity index (χ4n) is 2.43. The number of hydrogen-bond acceptors (Lipinski definition) is 4. The highest BCUT2D eigenvalue weighted by molar-refractivity contribution is 5.95. The molecule has 1 amide bonds. The summed E-state index contributed by atoms with van der Waals surface area (Å²) in [7, 11) is 0. The van der Waals surface area contributed by atoms with Gasteiger partial charge in [-0.05, 0) is 37.6 Å². The van der Waals surface area contributed by atoms with Gasteiger partial charge in [0.25, 0.3) is 5.91 Å². The topological polar surface area (TPSA) is 72.7 Å². The molecule has 128 valence electrons. The van der Waals surface area contributed by atoms with Crippen molar-refractivity contribution in [1.82, 2.24) is 25.3 Å². The quantitative estimate of drug-likeness (QED) is 0.725. The maximum Gasteiger partial charge on any atom is 0.251 e. The summed E-state index contributed by atoms with van der Waals surface area (Å²) in [5.74, 6) is -0.657. The average Bonchev–Trinajstić information content (AvgIpc) is 3.04. The fourth-order valence-corrected chi connectivity index (χ4v) is 2.43. The number of carbonyl (C=O) groups excluding carboxylic acids is 1. The van der Waals surface area contributed by atoms with Crippen molar-refractivity contribution < 1.29 is 9.18 Å². The molecule has 0 unspecified atom stereocenters. The van der Waals surface area contributed by atoms with E-state index in [1.165, 1.54) is 12.3 Å². The third-order valence-electron chi connectivity index (χ3n) is 3.58. The van der Waals surface area contributed by atoms with Gasteiger partial charge in [0, 0.05) is 23.4 Å². The van der Waals surface area contributed by atoms with Gasteiger partial charge in [0.1, 0.15) is 5.69 Å². The predicted octanol–water partition coefficient (Wildman–Crippen LogP) is 2.67. The van der Waals surface area contributed by atoms with Crippen LogP contribution in [0.25, 0.3) is 11.3 Å². The first-order valence-corrected chi connectivity index (χ1v) is 7.94. The van der Waals surface area contributed by atoms with Crippen LogP contribution in [0.4, 0.5) is 4.39 Å². The Morgan fingerprint density at radius 2 is 2.04 bits per heavy atom. The van der Waals surface area contributed by atoms with Gasteiger partial charge in [0.15, 0.2) is 0 Å². The zero-order valence-electron chi connectivity index (χ0n) is 14.0. The van der Waals surface area contributed by atoms with Gasteiger partial charge in [-0.1, -0.05) is 23.4 Å². The van der Waals surface area contributed by atoms with Crippen molar-refractivity contribution in [2.24, 2.45) is 0 Å². The normalized spacial score (nSPS) is 10.9. The Hall–Kier alpha value is -3.09. The molecule has 6 nitrogen and oxygen atoms in total. The highest BCUT2D eigenvalue weighted by atomic mass is 19.1. The number of pyridine rings is 1. The zero-order chi connectivity index (χ0) is 17.8. The minimum absolute atomic E-state index is 0.0597. The SMILES string of the molecule is CC(C)NC(=O)c1ccccc1Cn1cc(-c2ccc(F)nc2)nn1. The summed E-state index contributed by atoms with van der Waals surface area (Å²) in [5, 5.41) is 11.1. The van der Waals surface area contributed by atoms with Crippen molar-refractivity contribution in [2.45, 2.75) is 26.4 Å². The maximum absolute atomic E-state index is 12.9. The summed E-state index contributed by atoms with van der Waals surface area (Å²) in [6, 6.07) is 10.3. The van der Waals surface area contributed by atoms with Crippen LogP contribution in [0, 0.1) is 5.95 Å². The molecule has 0 aliphatic heterocycles. The van der Waals surface area contributed by atoms with Gasteiger partial charge < -0.3 is 5.32 Å². The Labute approximate surface area is 144 Å². The fraction of sp³-hybridized carbons (Fsp3) is 0.222. The third kappa shape index (κ3) is 4.06. The largest absolute Gasteiger partial charge is 0.350 e. The van der Waals surface area contributed by atoms with E-state index in [1.807, 2.05) is 32.0 Å². The Morgan fingerprint density at radius 1 is 1.24 bits per heavy atom. The Bertz CT molecular complexity index is 873. The number of benzene rings is 1. The first-order valence-electron chi connectivity index (χ1n) is 7.94. The number of rotatable bonds is 5. The molecule has 3 rings (SSSR count). The lowest BCUT2D eigenvalue weighted by atomic mass is 10.1. The van der Waals surface area contributed by atoms with Gasteiger partial charge >= 0.3 is 0 Å². The van der Waals surface area contributed by atoms with E-state index in [1.54, 1.807) is 23.0 Å². The van der Waals surface area contributed by atoms with Crippen LogP contribution in [0.5, 0.6) is 0 Å². The molecule has 0 bridgehead atoms. The van der Waals surface area contributed by atoms with Crippen LogP contribution >= 0.6 is 0 Å². The molecule has 0 aliphatic carbocycles. The van der Waals surface area contributed by atoms with Gasteiger partial charge in [0.05, 0.1) is 12.7 Å². The lowest BCUT2D eigenvalue weighted by Crippen LogP contribution is -2.31. The third-order valence-corrected chi connectivity index (χ3v) is 3.58. The average molecular weight is 339 g/mol. The van der Waals surface area contributed by atoms with E-state index in [0.717, 1.165) is 5.56 Å². The molecule has 0 saturated heterocycles. The molecule has 7 heteroatoms.